The molecule has 2 atom stereocenters. The first kappa shape index (κ1) is 18.4. The van der Waals surface area contributed by atoms with E-state index in [1.807, 2.05) is 53.0 Å². The minimum absolute atomic E-state index is 0.0454. The number of imidazole rings is 1. The average Bonchev–Trinajstić information content (AvgIpc) is 3.19. The van der Waals surface area contributed by atoms with E-state index in [-0.39, 0.29) is 12.6 Å². The van der Waals surface area contributed by atoms with Crippen LogP contribution in [0.25, 0.3) is 0 Å². The second-order valence-corrected chi connectivity index (χ2v) is 6.79. The van der Waals surface area contributed by atoms with E-state index in [9.17, 15) is 9.18 Å². The van der Waals surface area contributed by atoms with Crippen LogP contribution >= 0.6 is 0 Å². The average molecular weight is 360 g/mol. The summed E-state index contributed by atoms with van der Waals surface area (Å²) in [5.74, 6) is 0.887. The van der Waals surface area contributed by atoms with Crippen LogP contribution in [0.1, 0.15) is 17.8 Å². The molecule has 26 heavy (non-hydrogen) atoms. The summed E-state index contributed by atoms with van der Waals surface area (Å²) in [6.07, 6.45) is 2.75. The van der Waals surface area contributed by atoms with Crippen molar-refractivity contribution in [1.82, 2.24) is 19.4 Å². The van der Waals surface area contributed by atoms with Gasteiger partial charge in [-0.15, -0.1) is 0 Å². The van der Waals surface area contributed by atoms with E-state index in [1.165, 1.54) is 4.90 Å². The summed E-state index contributed by atoms with van der Waals surface area (Å²) in [6, 6.07) is 9.50. The number of alkyl halides is 1. The van der Waals surface area contributed by atoms with Crippen molar-refractivity contribution in [2.75, 3.05) is 20.1 Å². The highest BCUT2D eigenvalue weighted by Crippen LogP contribution is 2.23. The van der Waals surface area contributed by atoms with E-state index in [0.717, 1.165) is 11.4 Å². The van der Waals surface area contributed by atoms with Gasteiger partial charge in [-0.1, -0.05) is 30.3 Å². The maximum atomic E-state index is 14.0. The van der Waals surface area contributed by atoms with Crippen LogP contribution in [0.4, 0.5) is 9.18 Å². The van der Waals surface area contributed by atoms with Crippen molar-refractivity contribution in [2.24, 2.45) is 7.05 Å². The van der Waals surface area contributed by atoms with Gasteiger partial charge in [-0.2, -0.15) is 0 Å². The van der Waals surface area contributed by atoms with Gasteiger partial charge in [0.1, 0.15) is 18.6 Å². The van der Waals surface area contributed by atoms with E-state index in [4.69, 9.17) is 4.74 Å². The lowest BCUT2D eigenvalue weighted by Crippen LogP contribution is -2.41. The van der Waals surface area contributed by atoms with Crippen molar-refractivity contribution in [1.29, 1.82) is 0 Å². The second kappa shape index (κ2) is 8.31. The van der Waals surface area contributed by atoms with Crippen LogP contribution in [-0.2, 0) is 24.9 Å². The van der Waals surface area contributed by atoms with E-state index in [1.54, 1.807) is 13.2 Å². The van der Waals surface area contributed by atoms with Crippen molar-refractivity contribution in [2.45, 2.75) is 31.8 Å². The number of hydrogen-bond donors (Lipinski definition) is 0. The van der Waals surface area contributed by atoms with Gasteiger partial charge in [0.25, 0.3) is 0 Å². The summed E-state index contributed by atoms with van der Waals surface area (Å²) in [6.45, 7) is 1.60. The number of aromatic nitrogens is 2. The summed E-state index contributed by atoms with van der Waals surface area (Å²) in [5, 5.41) is 0. The number of hydrogen-bond acceptors (Lipinski definition) is 4. The number of carbonyl (C=O) groups is 1. The van der Waals surface area contributed by atoms with Crippen molar-refractivity contribution < 1.29 is 13.9 Å². The van der Waals surface area contributed by atoms with E-state index in [2.05, 4.69) is 4.98 Å². The molecule has 1 fully saturated rings. The molecular weight excluding hydrogens is 335 g/mol. The summed E-state index contributed by atoms with van der Waals surface area (Å²) in [7, 11) is 3.62. The molecule has 0 saturated carbocycles. The Morgan fingerprint density at radius 1 is 1.38 bits per heavy atom. The summed E-state index contributed by atoms with van der Waals surface area (Å²) in [5.41, 5.74) is 0.940. The number of rotatable bonds is 6. The fraction of sp³-hybridized carbons (Fsp3) is 0.474. The van der Waals surface area contributed by atoms with Gasteiger partial charge in [0.2, 0.25) is 0 Å². The fourth-order valence-electron chi connectivity index (χ4n) is 3.26. The number of halogens is 1. The third-order valence-electron chi connectivity index (χ3n) is 4.74. The minimum Gasteiger partial charge on any atom is -0.445 e. The SMILES string of the molecule is CN(C[C@@H]1C[C@H](F)CN1Cc1nccn1C)C(=O)OCc1ccccc1. The molecule has 6 nitrogen and oxygen atoms in total. The summed E-state index contributed by atoms with van der Waals surface area (Å²) >= 11 is 0. The van der Waals surface area contributed by atoms with E-state index >= 15 is 0 Å². The predicted molar refractivity (Wildman–Crippen MR) is 96.2 cm³/mol. The Labute approximate surface area is 153 Å². The lowest BCUT2D eigenvalue weighted by Gasteiger charge is -2.27. The molecule has 1 amide bonds. The summed E-state index contributed by atoms with van der Waals surface area (Å²) < 4.78 is 21.2. The zero-order chi connectivity index (χ0) is 18.5. The van der Waals surface area contributed by atoms with Crippen LogP contribution in [0.15, 0.2) is 42.7 Å². The molecular formula is C19H25FN4O2. The molecule has 0 unspecified atom stereocenters. The Morgan fingerprint density at radius 2 is 2.15 bits per heavy atom. The number of nitrogens with zero attached hydrogens (tertiary/aromatic N) is 4. The first-order chi connectivity index (χ1) is 12.5. The molecule has 0 spiro atoms. The monoisotopic (exact) mass is 360 g/mol. The number of carbonyl (C=O) groups excluding carboxylic acids is 1. The largest absolute Gasteiger partial charge is 0.445 e. The number of ether oxygens (including phenoxy) is 1. The maximum Gasteiger partial charge on any atom is 0.409 e. The number of aryl methyl sites for hydroxylation is 1. The topological polar surface area (TPSA) is 50.6 Å². The molecule has 1 aliphatic rings. The zero-order valence-corrected chi connectivity index (χ0v) is 15.2. The van der Waals surface area contributed by atoms with Crippen LogP contribution in [0.2, 0.25) is 0 Å². The summed E-state index contributed by atoms with van der Waals surface area (Å²) in [4.78, 5) is 20.1. The van der Waals surface area contributed by atoms with Crippen molar-refractivity contribution >= 4 is 6.09 Å². The normalized spacial score (nSPS) is 20.3. The van der Waals surface area contributed by atoms with Gasteiger partial charge in [0.05, 0.1) is 6.54 Å². The molecule has 140 valence electrons. The number of likely N-dealkylation sites (N-methyl/N-ethyl adjacent to an activating group) is 1. The van der Waals surface area contributed by atoms with Gasteiger partial charge >= 0.3 is 6.09 Å². The smallest absolute Gasteiger partial charge is 0.409 e. The number of amides is 1. The van der Waals surface area contributed by atoms with Crippen molar-refractivity contribution in [3.8, 4) is 0 Å². The molecule has 2 aromatic rings. The Hall–Kier alpha value is -2.41. The quantitative estimate of drug-likeness (QED) is 0.795. The molecule has 0 bridgehead atoms. The van der Waals surface area contributed by atoms with Crippen LogP contribution in [0.3, 0.4) is 0 Å². The van der Waals surface area contributed by atoms with Gasteiger partial charge in [-0.3, -0.25) is 4.90 Å². The van der Waals surface area contributed by atoms with Crippen LogP contribution in [0.5, 0.6) is 0 Å². The molecule has 1 saturated heterocycles. The minimum atomic E-state index is -0.881. The molecule has 1 aromatic carbocycles. The maximum absolute atomic E-state index is 14.0. The standard InChI is InChI=1S/C19H25FN4O2/c1-22-9-8-21-18(22)13-24-11-16(20)10-17(24)12-23(2)19(25)26-14-15-6-4-3-5-7-15/h3-9,16-17H,10-14H2,1-2H3/t16-,17-/m0/s1. The van der Waals surface area contributed by atoms with Gasteiger partial charge in [-0.25, -0.2) is 14.2 Å². The first-order valence-electron chi connectivity index (χ1n) is 8.79. The number of likely N-dealkylation sites (tertiary alicyclic amines) is 1. The Bertz CT molecular complexity index is 721. The van der Waals surface area contributed by atoms with Crippen LogP contribution < -0.4 is 0 Å². The fourth-order valence-corrected chi connectivity index (χ4v) is 3.26. The Balaban J connectivity index is 1.53. The zero-order valence-electron chi connectivity index (χ0n) is 15.2. The Kier molecular flexibility index (Phi) is 5.88. The van der Waals surface area contributed by atoms with Crippen molar-refractivity contribution in [3.05, 3.63) is 54.1 Å². The van der Waals surface area contributed by atoms with Crippen molar-refractivity contribution in [3.63, 3.8) is 0 Å². The molecule has 1 aliphatic heterocycles. The highest BCUT2D eigenvalue weighted by Gasteiger charge is 2.34. The van der Waals surface area contributed by atoms with Crippen LogP contribution in [-0.4, -0.2) is 57.8 Å². The lowest BCUT2D eigenvalue weighted by molar-refractivity contribution is 0.0932. The first-order valence-corrected chi connectivity index (χ1v) is 8.79. The molecule has 0 radical (unpaired) electrons. The van der Waals surface area contributed by atoms with Gasteiger partial charge < -0.3 is 14.2 Å². The third kappa shape index (κ3) is 4.60. The molecule has 0 N–H and O–H groups in total. The molecule has 7 heteroatoms. The molecule has 3 rings (SSSR count). The van der Waals surface area contributed by atoms with E-state index in [0.29, 0.717) is 26.1 Å². The highest BCUT2D eigenvalue weighted by molar-refractivity contribution is 5.67. The molecule has 1 aromatic heterocycles. The van der Waals surface area contributed by atoms with Gasteiger partial charge in [0, 0.05) is 45.6 Å². The lowest BCUT2D eigenvalue weighted by atomic mass is 10.2. The Morgan fingerprint density at radius 3 is 2.85 bits per heavy atom. The van der Waals surface area contributed by atoms with Gasteiger partial charge in [0.15, 0.2) is 0 Å². The van der Waals surface area contributed by atoms with Crippen LogP contribution in [0, 0.1) is 0 Å². The second-order valence-electron chi connectivity index (χ2n) is 6.79. The third-order valence-corrected chi connectivity index (χ3v) is 4.74. The molecule has 0 aliphatic carbocycles. The van der Waals surface area contributed by atoms with Gasteiger partial charge in [-0.05, 0) is 12.0 Å². The predicted octanol–water partition coefficient (Wildman–Crippen LogP) is 2.60. The molecule has 2 heterocycles. The highest BCUT2D eigenvalue weighted by atomic mass is 19.1. The number of benzene rings is 1. The van der Waals surface area contributed by atoms with E-state index < -0.39 is 12.3 Å².